The number of nitrogens with zero attached hydrogens (tertiary/aromatic N) is 1. The van der Waals surface area contributed by atoms with Gasteiger partial charge in [-0.05, 0) is 42.3 Å². The number of ether oxygens (including phenoxy) is 1. The molecule has 0 fully saturated rings. The lowest BCUT2D eigenvalue weighted by molar-refractivity contribution is 0.0861. The number of aryl methyl sites for hydroxylation is 1. The van der Waals surface area contributed by atoms with E-state index < -0.39 is 11.5 Å². The summed E-state index contributed by atoms with van der Waals surface area (Å²) in [5, 5.41) is 2.70. The first-order chi connectivity index (χ1) is 13.1. The number of carbonyl (C=O) groups is 1. The number of hydrogen-bond donors (Lipinski definition) is 1. The average molecular weight is 364 g/mol. The first-order valence-electron chi connectivity index (χ1n) is 8.44. The van der Waals surface area contributed by atoms with Gasteiger partial charge in [0.25, 0.3) is 11.5 Å². The third kappa shape index (κ3) is 4.17. The predicted molar refractivity (Wildman–Crippen MR) is 103 cm³/mol. The number of pyridine rings is 1. The lowest BCUT2D eigenvalue weighted by atomic mass is 10.1. The maximum atomic E-state index is 12.6. The van der Waals surface area contributed by atoms with Crippen LogP contribution in [0.25, 0.3) is 0 Å². The van der Waals surface area contributed by atoms with Crippen LogP contribution in [0.4, 0.5) is 5.69 Å². The second-order valence-electron chi connectivity index (χ2n) is 5.91. The summed E-state index contributed by atoms with van der Waals surface area (Å²) in [6.45, 7) is 2.20. The van der Waals surface area contributed by atoms with Crippen molar-refractivity contribution in [3.63, 3.8) is 0 Å². The Morgan fingerprint density at radius 3 is 2.56 bits per heavy atom. The summed E-state index contributed by atoms with van der Waals surface area (Å²) < 4.78 is 6.29. The van der Waals surface area contributed by atoms with Gasteiger partial charge < -0.3 is 14.9 Å². The molecule has 2 aromatic carbocycles. The zero-order valence-corrected chi connectivity index (χ0v) is 15.1. The Morgan fingerprint density at radius 1 is 1.04 bits per heavy atom. The summed E-state index contributed by atoms with van der Waals surface area (Å²) in [7, 11) is 1.51. The summed E-state index contributed by atoms with van der Waals surface area (Å²) in [6.07, 6.45) is 1.49. The van der Waals surface area contributed by atoms with E-state index in [4.69, 9.17) is 9.57 Å². The van der Waals surface area contributed by atoms with Crippen LogP contribution in [0, 0.1) is 6.92 Å². The van der Waals surface area contributed by atoms with E-state index in [1.54, 1.807) is 30.3 Å². The highest BCUT2D eigenvalue weighted by Gasteiger charge is 2.15. The van der Waals surface area contributed by atoms with E-state index in [2.05, 4.69) is 5.32 Å². The maximum Gasteiger partial charge on any atom is 0.295 e. The molecular weight excluding hydrogens is 344 g/mol. The molecule has 138 valence electrons. The van der Waals surface area contributed by atoms with Gasteiger partial charge in [0, 0.05) is 6.20 Å². The maximum absolute atomic E-state index is 12.6. The van der Waals surface area contributed by atoms with Gasteiger partial charge in [-0.25, -0.2) is 0 Å². The topological polar surface area (TPSA) is 69.6 Å². The number of rotatable bonds is 6. The highest BCUT2D eigenvalue weighted by atomic mass is 16.7. The first-order valence-corrected chi connectivity index (χ1v) is 8.44. The van der Waals surface area contributed by atoms with E-state index in [-0.39, 0.29) is 12.2 Å². The van der Waals surface area contributed by atoms with E-state index >= 15 is 0 Å². The molecular formula is C21H20N2O4. The molecule has 0 aliphatic carbocycles. The second kappa shape index (κ2) is 8.23. The van der Waals surface area contributed by atoms with Crippen molar-refractivity contribution in [2.24, 2.45) is 0 Å². The molecule has 0 aliphatic heterocycles. The molecule has 0 spiro atoms. The molecule has 1 N–H and O–H groups in total. The summed E-state index contributed by atoms with van der Waals surface area (Å²) in [5.74, 6) is -0.0174. The van der Waals surface area contributed by atoms with Crippen molar-refractivity contribution in [3.8, 4) is 5.75 Å². The lowest BCUT2D eigenvalue weighted by Crippen LogP contribution is -2.32. The van der Waals surface area contributed by atoms with Gasteiger partial charge in [0.15, 0.2) is 0 Å². The van der Waals surface area contributed by atoms with Gasteiger partial charge in [0.05, 0.1) is 12.8 Å². The molecule has 0 aliphatic rings. The van der Waals surface area contributed by atoms with E-state index in [1.807, 2.05) is 31.2 Å². The number of carbonyl (C=O) groups excluding carboxylic acids is 1. The van der Waals surface area contributed by atoms with Crippen molar-refractivity contribution in [3.05, 3.63) is 93.9 Å². The minimum absolute atomic E-state index is 0.0202. The van der Waals surface area contributed by atoms with Gasteiger partial charge >= 0.3 is 0 Å². The van der Waals surface area contributed by atoms with Gasteiger partial charge in [0.1, 0.15) is 17.9 Å². The minimum Gasteiger partial charge on any atom is -0.495 e. The Labute approximate surface area is 156 Å². The third-order valence-electron chi connectivity index (χ3n) is 4.14. The van der Waals surface area contributed by atoms with E-state index in [0.717, 1.165) is 15.9 Å². The molecule has 27 heavy (non-hydrogen) atoms. The fraction of sp³-hybridized carbons (Fsp3) is 0.143. The smallest absolute Gasteiger partial charge is 0.295 e. The summed E-state index contributed by atoms with van der Waals surface area (Å²) in [4.78, 5) is 30.7. The lowest BCUT2D eigenvalue weighted by Gasteiger charge is -2.12. The van der Waals surface area contributed by atoms with Gasteiger partial charge in [-0.2, -0.15) is 4.73 Å². The molecule has 1 aromatic heterocycles. The van der Waals surface area contributed by atoms with Crippen LogP contribution in [0.15, 0.2) is 71.7 Å². The van der Waals surface area contributed by atoms with Crippen LogP contribution >= 0.6 is 0 Å². The fourth-order valence-electron chi connectivity index (χ4n) is 2.60. The molecule has 3 aromatic rings. The van der Waals surface area contributed by atoms with Crippen LogP contribution in [-0.4, -0.2) is 17.7 Å². The van der Waals surface area contributed by atoms with E-state index in [0.29, 0.717) is 11.4 Å². The number of aromatic nitrogens is 1. The number of anilines is 1. The number of hydrogen-bond acceptors (Lipinski definition) is 4. The Kier molecular flexibility index (Phi) is 5.56. The number of methoxy groups -OCH3 is 1. The van der Waals surface area contributed by atoms with Crippen molar-refractivity contribution < 1.29 is 14.4 Å². The van der Waals surface area contributed by atoms with Crippen LogP contribution in [-0.2, 0) is 6.61 Å². The standard InChI is InChI=1S/C21H20N2O4/c1-15-8-3-4-9-16(15)14-27-23-13-7-10-17(21(23)25)20(24)22-18-11-5-6-12-19(18)26-2/h3-13H,14H2,1-2H3,(H,22,24). The molecule has 6 nitrogen and oxygen atoms in total. The van der Waals surface area contributed by atoms with Crippen LogP contribution in [0.5, 0.6) is 5.75 Å². The summed E-state index contributed by atoms with van der Waals surface area (Å²) in [5.41, 5.74) is 1.97. The average Bonchev–Trinajstić information content (AvgIpc) is 2.68. The van der Waals surface area contributed by atoms with E-state index in [1.165, 1.54) is 19.4 Å². The van der Waals surface area contributed by atoms with E-state index in [9.17, 15) is 9.59 Å². The van der Waals surface area contributed by atoms with Crippen molar-refractivity contribution in [2.45, 2.75) is 13.5 Å². The van der Waals surface area contributed by atoms with Gasteiger partial charge in [-0.15, -0.1) is 0 Å². The quantitative estimate of drug-likeness (QED) is 0.730. The molecule has 0 atom stereocenters. The SMILES string of the molecule is COc1ccccc1NC(=O)c1cccn(OCc2ccccc2C)c1=O. The predicted octanol–water partition coefficient (Wildman–Crippen LogP) is 3.05. The fourth-order valence-corrected chi connectivity index (χ4v) is 2.60. The Morgan fingerprint density at radius 2 is 1.78 bits per heavy atom. The number of para-hydroxylation sites is 2. The molecule has 0 bridgehead atoms. The molecule has 1 heterocycles. The van der Waals surface area contributed by atoms with Crippen LogP contribution in [0.2, 0.25) is 0 Å². The van der Waals surface area contributed by atoms with Crippen LogP contribution in [0.3, 0.4) is 0 Å². The van der Waals surface area contributed by atoms with Crippen molar-refractivity contribution in [2.75, 3.05) is 12.4 Å². The molecule has 0 radical (unpaired) electrons. The van der Waals surface area contributed by atoms with Crippen molar-refractivity contribution >= 4 is 11.6 Å². The largest absolute Gasteiger partial charge is 0.495 e. The van der Waals surface area contributed by atoms with Crippen LogP contribution < -0.4 is 20.5 Å². The Bertz CT molecular complexity index is 1010. The monoisotopic (exact) mass is 364 g/mol. The molecule has 1 amide bonds. The molecule has 6 heteroatoms. The number of nitrogens with one attached hydrogen (secondary N) is 1. The zero-order valence-electron chi connectivity index (χ0n) is 15.1. The first kappa shape index (κ1) is 18.3. The normalized spacial score (nSPS) is 10.3. The van der Waals surface area contributed by atoms with Crippen molar-refractivity contribution in [1.29, 1.82) is 0 Å². The Hall–Kier alpha value is -3.54. The number of amides is 1. The summed E-state index contributed by atoms with van der Waals surface area (Å²) in [6, 6.07) is 17.8. The van der Waals surface area contributed by atoms with Gasteiger partial charge in [-0.1, -0.05) is 36.4 Å². The zero-order chi connectivity index (χ0) is 19.2. The third-order valence-corrected chi connectivity index (χ3v) is 4.14. The molecule has 0 saturated heterocycles. The molecule has 0 unspecified atom stereocenters. The highest BCUT2D eigenvalue weighted by Crippen LogP contribution is 2.23. The number of benzene rings is 2. The van der Waals surface area contributed by atoms with Gasteiger partial charge in [-0.3, -0.25) is 9.59 Å². The highest BCUT2D eigenvalue weighted by molar-refractivity contribution is 6.04. The van der Waals surface area contributed by atoms with Crippen molar-refractivity contribution in [1.82, 2.24) is 4.73 Å². The van der Waals surface area contributed by atoms with Crippen LogP contribution in [0.1, 0.15) is 21.5 Å². The minimum atomic E-state index is -0.529. The molecule has 0 saturated carbocycles. The molecule has 3 rings (SSSR count). The summed E-state index contributed by atoms with van der Waals surface area (Å²) >= 11 is 0. The Balaban J connectivity index is 1.79. The second-order valence-corrected chi connectivity index (χ2v) is 5.91. The van der Waals surface area contributed by atoms with Gasteiger partial charge in [0.2, 0.25) is 0 Å².